The average Bonchev–Trinajstić information content (AvgIpc) is 3.13. The molecule has 0 amide bonds. The highest BCUT2D eigenvalue weighted by molar-refractivity contribution is 6.31. The fourth-order valence-electron chi connectivity index (χ4n) is 3.86. The molecule has 0 bridgehead atoms. The summed E-state index contributed by atoms with van der Waals surface area (Å²) in [7, 11) is 0. The van der Waals surface area contributed by atoms with Gasteiger partial charge in [0.2, 0.25) is 5.78 Å². The number of carbonyl (C=O) groups excluding carboxylic acids is 2. The summed E-state index contributed by atoms with van der Waals surface area (Å²) in [5.41, 5.74) is 3.13. The molecule has 3 aromatic carbocycles. The minimum Gasteiger partial charge on any atom is -0.467 e. The highest BCUT2D eigenvalue weighted by Gasteiger charge is 2.31. The maximum atomic E-state index is 13.0. The largest absolute Gasteiger partial charge is 0.467 e. The molecule has 34 heavy (non-hydrogen) atoms. The zero-order valence-electron chi connectivity index (χ0n) is 18.0. The van der Waals surface area contributed by atoms with Crippen molar-refractivity contribution in [3.05, 3.63) is 92.2 Å². The molecule has 2 aliphatic heterocycles. The van der Waals surface area contributed by atoms with E-state index in [1.807, 2.05) is 0 Å². The molecule has 0 unspecified atom stereocenters. The van der Waals surface area contributed by atoms with Crippen LogP contribution in [-0.2, 0) is 22.6 Å². The summed E-state index contributed by atoms with van der Waals surface area (Å²) >= 11 is 12.1. The lowest BCUT2D eigenvalue weighted by atomic mass is 10.0. The van der Waals surface area contributed by atoms with Crippen molar-refractivity contribution in [2.24, 2.45) is 0 Å². The van der Waals surface area contributed by atoms with Crippen LogP contribution in [0.5, 0.6) is 17.2 Å². The summed E-state index contributed by atoms with van der Waals surface area (Å²) < 4.78 is 22.4. The molecule has 0 saturated heterocycles. The van der Waals surface area contributed by atoms with Crippen molar-refractivity contribution >= 4 is 41.0 Å². The zero-order valence-corrected chi connectivity index (χ0v) is 19.5. The maximum absolute atomic E-state index is 13.0. The molecule has 0 spiro atoms. The lowest BCUT2D eigenvalue weighted by Gasteiger charge is -2.20. The van der Waals surface area contributed by atoms with E-state index in [9.17, 15) is 9.59 Å². The first-order valence-electron chi connectivity index (χ1n) is 10.4. The van der Waals surface area contributed by atoms with Gasteiger partial charge in [0.1, 0.15) is 17.2 Å². The van der Waals surface area contributed by atoms with Crippen LogP contribution in [0.25, 0.3) is 6.08 Å². The van der Waals surface area contributed by atoms with Gasteiger partial charge >= 0.3 is 5.97 Å². The van der Waals surface area contributed by atoms with Crippen molar-refractivity contribution in [3.8, 4) is 17.2 Å². The summed E-state index contributed by atoms with van der Waals surface area (Å²) in [6.07, 6.45) is 1.69. The van der Waals surface area contributed by atoms with Gasteiger partial charge in [-0.3, -0.25) is 9.59 Å². The van der Waals surface area contributed by atoms with Crippen LogP contribution < -0.4 is 14.2 Å². The molecule has 0 atom stereocenters. The first kappa shape index (κ1) is 22.5. The Hall–Kier alpha value is -3.32. The van der Waals surface area contributed by atoms with Gasteiger partial charge in [-0.15, -0.1) is 0 Å². The number of benzene rings is 3. The van der Waals surface area contributed by atoms with Crippen molar-refractivity contribution in [1.29, 1.82) is 0 Å². The molecule has 0 aromatic heterocycles. The molecule has 0 saturated carbocycles. The number of hydrogen-bond donors (Lipinski definition) is 0. The first-order valence-corrected chi connectivity index (χ1v) is 11.2. The van der Waals surface area contributed by atoms with Crippen molar-refractivity contribution in [2.75, 3.05) is 6.79 Å². The highest BCUT2D eigenvalue weighted by atomic mass is 35.5. The number of esters is 1. The van der Waals surface area contributed by atoms with Gasteiger partial charge in [-0.25, -0.2) is 0 Å². The van der Waals surface area contributed by atoms with E-state index < -0.39 is 5.97 Å². The third kappa shape index (κ3) is 4.40. The van der Waals surface area contributed by atoms with Gasteiger partial charge < -0.3 is 18.9 Å². The second kappa shape index (κ2) is 9.14. The molecule has 8 heteroatoms. The van der Waals surface area contributed by atoms with Crippen molar-refractivity contribution < 1.29 is 28.5 Å². The average molecular weight is 497 g/mol. The SMILES string of the molecule is Cc1c(OC(=O)Cc2ccc(Cl)cc2)ccc2c1O/C(=C\c1cc(Cl)cc3c1OCOC3)C2=O. The minimum absolute atomic E-state index is 0.0855. The number of fused-ring (bicyclic) bond motifs is 2. The smallest absolute Gasteiger partial charge is 0.315 e. The fourth-order valence-corrected chi connectivity index (χ4v) is 4.24. The van der Waals surface area contributed by atoms with Gasteiger partial charge in [-0.05, 0) is 55.0 Å². The molecule has 5 rings (SSSR count). The number of allylic oxidation sites excluding steroid dienone is 1. The summed E-state index contributed by atoms with van der Waals surface area (Å²) in [6.45, 7) is 2.22. The van der Waals surface area contributed by atoms with E-state index in [1.165, 1.54) is 0 Å². The molecular formula is C26H18Cl2O6. The van der Waals surface area contributed by atoms with E-state index in [0.717, 1.165) is 11.1 Å². The Morgan fingerprint density at radius 1 is 1.06 bits per heavy atom. The van der Waals surface area contributed by atoms with Crippen molar-refractivity contribution in [1.82, 2.24) is 0 Å². The molecule has 0 N–H and O–H groups in total. The summed E-state index contributed by atoms with van der Waals surface area (Å²) in [6, 6.07) is 13.6. The molecule has 6 nitrogen and oxygen atoms in total. The molecule has 172 valence electrons. The first-order chi connectivity index (χ1) is 16.4. The minimum atomic E-state index is -0.435. The van der Waals surface area contributed by atoms with Crippen molar-refractivity contribution in [2.45, 2.75) is 20.0 Å². The Morgan fingerprint density at radius 3 is 2.65 bits per heavy atom. The number of Topliss-reactive ketones (excluding diaryl/α,β-unsaturated/α-hetero) is 1. The van der Waals surface area contributed by atoms with Crippen LogP contribution in [0.2, 0.25) is 10.0 Å². The van der Waals surface area contributed by atoms with Crippen LogP contribution in [0.15, 0.2) is 54.3 Å². The van der Waals surface area contributed by atoms with Gasteiger partial charge in [0, 0.05) is 26.7 Å². The third-order valence-electron chi connectivity index (χ3n) is 5.51. The number of rotatable bonds is 4. The lowest BCUT2D eigenvalue weighted by Crippen LogP contribution is -2.12. The van der Waals surface area contributed by atoms with Crippen LogP contribution >= 0.6 is 23.2 Å². The van der Waals surface area contributed by atoms with E-state index in [4.69, 9.17) is 42.1 Å². The van der Waals surface area contributed by atoms with Gasteiger partial charge in [0.25, 0.3) is 0 Å². The summed E-state index contributed by atoms with van der Waals surface area (Å²) in [5.74, 6) is 0.695. The predicted octanol–water partition coefficient (Wildman–Crippen LogP) is 5.93. The second-order valence-corrected chi connectivity index (χ2v) is 8.75. The van der Waals surface area contributed by atoms with E-state index >= 15 is 0 Å². The fraction of sp³-hybridized carbons (Fsp3) is 0.154. The Morgan fingerprint density at radius 2 is 1.85 bits per heavy atom. The highest BCUT2D eigenvalue weighted by Crippen LogP contribution is 2.41. The van der Waals surface area contributed by atoms with Crippen LogP contribution in [0.1, 0.15) is 32.6 Å². The van der Waals surface area contributed by atoms with E-state index in [2.05, 4.69) is 0 Å². The number of carbonyl (C=O) groups is 2. The molecule has 2 heterocycles. The van der Waals surface area contributed by atoms with Gasteiger partial charge in [0.15, 0.2) is 12.6 Å². The quantitative estimate of drug-likeness (QED) is 0.253. The Bertz CT molecular complexity index is 1340. The molecule has 0 aliphatic carbocycles. The van der Waals surface area contributed by atoms with Crippen LogP contribution in [0, 0.1) is 6.92 Å². The Labute approximate surface area is 205 Å². The van der Waals surface area contributed by atoms with E-state index in [-0.39, 0.29) is 24.8 Å². The van der Waals surface area contributed by atoms with Crippen LogP contribution in [0.4, 0.5) is 0 Å². The predicted molar refractivity (Wildman–Crippen MR) is 127 cm³/mol. The molecule has 0 fully saturated rings. The summed E-state index contributed by atoms with van der Waals surface area (Å²) in [4.78, 5) is 25.4. The normalized spacial score (nSPS) is 15.4. The number of ether oxygens (including phenoxy) is 4. The topological polar surface area (TPSA) is 71.1 Å². The monoisotopic (exact) mass is 496 g/mol. The molecule has 2 aliphatic rings. The Kier molecular flexibility index (Phi) is 6.04. The van der Waals surface area contributed by atoms with E-state index in [0.29, 0.717) is 50.6 Å². The number of halogens is 2. The second-order valence-electron chi connectivity index (χ2n) is 7.88. The zero-order chi connectivity index (χ0) is 23.8. The van der Waals surface area contributed by atoms with Gasteiger partial charge in [-0.1, -0.05) is 35.3 Å². The number of ketones is 1. The van der Waals surface area contributed by atoms with Crippen LogP contribution in [0.3, 0.4) is 0 Å². The molecular weight excluding hydrogens is 479 g/mol. The standard InChI is InChI=1S/C26H18Cl2O6/c1-14-21(33-23(29)8-15-2-4-18(27)5-3-15)7-6-20-24(30)22(34-25(14)20)11-16-9-19(28)10-17-12-31-13-32-26(16)17/h2-7,9-11H,8,12-13H2,1H3/b22-11-. The van der Waals surface area contributed by atoms with Crippen molar-refractivity contribution in [3.63, 3.8) is 0 Å². The molecule has 3 aromatic rings. The Balaban J connectivity index is 1.39. The van der Waals surface area contributed by atoms with E-state index in [1.54, 1.807) is 61.5 Å². The van der Waals surface area contributed by atoms with Gasteiger partial charge in [0.05, 0.1) is 18.6 Å². The van der Waals surface area contributed by atoms with Gasteiger partial charge in [-0.2, -0.15) is 0 Å². The van der Waals surface area contributed by atoms with Crippen LogP contribution in [-0.4, -0.2) is 18.5 Å². The maximum Gasteiger partial charge on any atom is 0.315 e. The summed E-state index contributed by atoms with van der Waals surface area (Å²) in [5, 5.41) is 1.09. The molecule has 0 radical (unpaired) electrons. The number of hydrogen-bond acceptors (Lipinski definition) is 6. The lowest BCUT2D eigenvalue weighted by molar-refractivity contribution is -0.133. The third-order valence-corrected chi connectivity index (χ3v) is 5.98.